The molecule has 28 heavy (non-hydrogen) atoms. The van der Waals surface area contributed by atoms with E-state index in [0.29, 0.717) is 35.2 Å². The van der Waals surface area contributed by atoms with Gasteiger partial charge in [0.15, 0.2) is 11.5 Å². The summed E-state index contributed by atoms with van der Waals surface area (Å²) in [6, 6.07) is 18.1. The van der Waals surface area contributed by atoms with Crippen LogP contribution in [-0.4, -0.2) is 6.61 Å². The van der Waals surface area contributed by atoms with E-state index in [0.717, 1.165) is 14.8 Å². The molecule has 0 saturated carbocycles. The lowest BCUT2D eigenvalue weighted by atomic mass is 10.2. The predicted octanol–water partition coefficient (Wildman–Crippen LogP) is 6.67. The van der Waals surface area contributed by atoms with Crippen molar-refractivity contribution < 1.29 is 13.9 Å². The van der Waals surface area contributed by atoms with Crippen molar-refractivity contribution >= 4 is 39.9 Å². The van der Waals surface area contributed by atoms with Gasteiger partial charge in [-0.3, -0.25) is 0 Å². The number of nitrogens with one attached hydrogen (secondary N) is 1. The van der Waals surface area contributed by atoms with E-state index in [9.17, 15) is 4.39 Å². The SMILES string of the molecule is CCOc1cc(CNc2cccc(Cl)c2)cc(I)c1OCc1ccccc1F. The summed E-state index contributed by atoms with van der Waals surface area (Å²) in [6.07, 6.45) is 0. The first-order chi connectivity index (χ1) is 13.6. The van der Waals surface area contributed by atoms with Crippen molar-refractivity contribution in [3.05, 3.63) is 86.2 Å². The highest BCUT2D eigenvalue weighted by Gasteiger charge is 2.13. The maximum absolute atomic E-state index is 13.9. The first-order valence-corrected chi connectivity index (χ1v) is 10.3. The summed E-state index contributed by atoms with van der Waals surface area (Å²) in [5, 5.41) is 4.04. The van der Waals surface area contributed by atoms with Gasteiger partial charge in [0, 0.05) is 22.8 Å². The van der Waals surface area contributed by atoms with Gasteiger partial charge >= 0.3 is 0 Å². The van der Waals surface area contributed by atoms with Gasteiger partial charge in [0.2, 0.25) is 0 Å². The number of ether oxygens (including phenoxy) is 2. The molecule has 0 aromatic heterocycles. The van der Waals surface area contributed by atoms with Gasteiger partial charge in [-0.05, 0) is 71.5 Å². The summed E-state index contributed by atoms with van der Waals surface area (Å²) >= 11 is 8.25. The quantitative estimate of drug-likeness (QED) is 0.343. The Morgan fingerprint density at radius 3 is 2.61 bits per heavy atom. The molecule has 0 bridgehead atoms. The molecule has 3 nitrogen and oxygen atoms in total. The molecular weight excluding hydrogens is 492 g/mol. The van der Waals surface area contributed by atoms with Gasteiger partial charge in [-0.2, -0.15) is 0 Å². The molecule has 0 unspecified atom stereocenters. The van der Waals surface area contributed by atoms with Crippen LogP contribution in [0, 0.1) is 9.39 Å². The fourth-order valence-corrected chi connectivity index (χ4v) is 3.71. The molecule has 0 spiro atoms. The first-order valence-electron chi connectivity index (χ1n) is 8.87. The summed E-state index contributed by atoms with van der Waals surface area (Å²) in [4.78, 5) is 0. The van der Waals surface area contributed by atoms with Crippen LogP contribution in [-0.2, 0) is 13.2 Å². The summed E-state index contributed by atoms with van der Waals surface area (Å²) in [5.74, 6) is 0.989. The van der Waals surface area contributed by atoms with Crippen LogP contribution in [0.3, 0.4) is 0 Å². The highest BCUT2D eigenvalue weighted by atomic mass is 127. The maximum Gasteiger partial charge on any atom is 0.174 e. The Kier molecular flexibility index (Phi) is 7.39. The van der Waals surface area contributed by atoms with Gasteiger partial charge in [0.25, 0.3) is 0 Å². The van der Waals surface area contributed by atoms with Crippen molar-refractivity contribution in [1.82, 2.24) is 0 Å². The molecule has 0 radical (unpaired) electrons. The second-order valence-corrected chi connectivity index (χ2v) is 7.68. The van der Waals surface area contributed by atoms with Crippen molar-refractivity contribution in [2.45, 2.75) is 20.1 Å². The number of benzene rings is 3. The van der Waals surface area contributed by atoms with Gasteiger partial charge in [-0.25, -0.2) is 4.39 Å². The summed E-state index contributed by atoms with van der Waals surface area (Å²) in [6.45, 7) is 3.19. The number of anilines is 1. The molecule has 3 aromatic carbocycles. The van der Waals surface area contributed by atoms with Crippen molar-refractivity contribution in [2.24, 2.45) is 0 Å². The summed E-state index contributed by atoms with van der Waals surface area (Å²) in [7, 11) is 0. The first kappa shape index (κ1) is 20.7. The van der Waals surface area contributed by atoms with E-state index < -0.39 is 0 Å². The molecule has 0 fully saturated rings. The second-order valence-electron chi connectivity index (χ2n) is 6.08. The minimum atomic E-state index is -0.280. The zero-order chi connectivity index (χ0) is 19.9. The Labute approximate surface area is 183 Å². The molecule has 0 saturated heterocycles. The molecule has 0 heterocycles. The second kappa shape index (κ2) is 9.98. The normalized spacial score (nSPS) is 10.6. The number of halogens is 3. The smallest absolute Gasteiger partial charge is 0.174 e. The Morgan fingerprint density at radius 1 is 1.04 bits per heavy atom. The topological polar surface area (TPSA) is 30.5 Å². The number of hydrogen-bond acceptors (Lipinski definition) is 3. The largest absolute Gasteiger partial charge is 0.490 e. The summed E-state index contributed by atoms with van der Waals surface area (Å²) in [5.41, 5.74) is 2.50. The molecule has 1 N–H and O–H groups in total. The van der Waals surface area contributed by atoms with Crippen LogP contribution in [0.2, 0.25) is 5.02 Å². The van der Waals surface area contributed by atoms with Crippen molar-refractivity contribution in [1.29, 1.82) is 0 Å². The third kappa shape index (κ3) is 5.52. The van der Waals surface area contributed by atoms with Crippen LogP contribution in [0.25, 0.3) is 0 Å². The van der Waals surface area contributed by atoms with Gasteiger partial charge in [-0.15, -0.1) is 0 Å². The van der Waals surface area contributed by atoms with E-state index >= 15 is 0 Å². The van der Waals surface area contributed by atoms with Crippen LogP contribution < -0.4 is 14.8 Å². The van der Waals surface area contributed by atoms with E-state index in [1.165, 1.54) is 6.07 Å². The lowest BCUT2D eigenvalue weighted by Gasteiger charge is -2.16. The average Bonchev–Trinajstić information content (AvgIpc) is 2.67. The highest BCUT2D eigenvalue weighted by Crippen LogP contribution is 2.35. The number of hydrogen-bond donors (Lipinski definition) is 1. The van der Waals surface area contributed by atoms with Gasteiger partial charge in [-0.1, -0.05) is 35.9 Å². The zero-order valence-corrected chi connectivity index (χ0v) is 18.3. The van der Waals surface area contributed by atoms with Gasteiger partial charge in [0.05, 0.1) is 10.2 Å². The molecule has 0 amide bonds. The Balaban J connectivity index is 1.76. The molecular formula is C22H20ClFINO2. The van der Waals surface area contributed by atoms with Crippen LogP contribution in [0.5, 0.6) is 11.5 Å². The fourth-order valence-electron chi connectivity index (χ4n) is 2.69. The van der Waals surface area contributed by atoms with Crippen molar-refractivity contribution in [3.63, 3.8) is 0 Å². The molecule has 3 rings (SSSR count). The van der Waals surface area contributed by atoms with Crippen LogP contribution in [0.4, 0.5) is 10.1 Å². The highest BCUT2D eigenvalue weighted by molar-refractivity contribution is 14.1. The molecule has 146 valence electrons. The minimum absolute atomic E-state index is 0.142. The van der Waals surface area contributed by atoms with E-state index in [2.05, 4.69) is 27.9 Å². The van der Waals surface area contributed by atoms with E-state index in [1.54, 1.807) is 18.2 Å². The van der Waals surface area contributed by atoms with E-state index in [4.69, 9.17) is 21.1 Å². The predicted molar refractivity (Wildman–Crippen MR) is 120 cm³/mol. The van der Waals surface area contributed by atoms with Gasteiger partial charge in [0.1, 0.15) is 12.4 Å². The van der Waals surface area contributed by atoms with E-state index in [1.807, 2.05) is 43.3 Å². The fraction of sp³-hybridized carbons (Fsp3) is 0.182. The van der Waals surface area contributed by atoms with Crippen molar-refractivity contribution in [3.8, 4) is 11.5 Å². The van der Waals surface area contributed by atoms with Crippen LogP contribution >= 0.6 is 34.2 Å². The zero-order valence-electron chi connectivity index (χ0n) is 15.3. The van der Waals surface area contributed by atoms with E-state index in [-0.39, 0.29) is 12.4 Å². The average molecular weight is 512 g/mol. The molecule has 0 aliphatic heterocycles. The Bertz CT molecular complexity index is 952. The minimum Gasteiger partial charge on any atom is -0.490 e. The van der Waals surface area contributed by atoms with Crippen LogP contribution in [0.15, 0.2) is 60.7 Å². The Morgan fingerprint density at radius 2 is 1.86 bits per heavy atom. The third-order valence-corrected chi connectivity index (χ3v) is 5.06. The molecule has 0 atom stereocenters. The molecule has 0 aliphatic carbocycles. The number of rotatable bonds is 8. The lowest BCUT2D eigenvalue weighted by molar-refractivity contribution is 0.264. The Hall–Kier alpha value is -1.99. The summed E-state index contributed by atoms with van der Waals surface area (Å²) < 4.78 is 26.5. The monoisotopic (exact) mass is 511 g/mol. The lowest BCUT2D eigenvalue weighted by Crippen LogP contribution is -2.05. The maximum atomic E-state index is 13.9. The molecule has 0 aliphatic rings. The third-order valence-electron chi connectivity index (χ3n) is 4.02. The molecule has 6 heteroatoms. The van der Waals surface area contributed by atoms with Gasteiger partial charge < -0.3 is 14.8 Å². The van der Waals surface area contributed by atoms with Crippen molar-refractivity contribution in [2.75, 3.05) is 11.9 Å². The standard InChI is InChI=1S/C22H20ClFINO2/c1-2-27-21-11-15(13-26-18-8-5-7-17(23)12-18)10-20(25)22(21)28-14-16-6-3-4-9-19(16)24/h3-12,26H,2,13-14H2,1H3. The molecule has 3 aromatic rings. The van der Waals surface area contributed by atoms with Crippen LogP contribution in [0.1, 0.15) is 18.1 Å².